The van der Waals surface area contributed by atoms with Gasteiger partial charge in [0.15, 0.2) is 0 Å². The first kappa shape index (κ1) is 13.4. The molecule has 1 N–H and O–H groups in total. The minimum absolute atomic E-state index is 0.538. The van der Waals surface area contributed by atoms with Gasteiger partial charge in [-0.2, -0.15) is 13.2 Å². The summed E-state index contributed by atoms with van der Waals surface area (Å²) in [5.41, 5.74) is 1.77. The Kier molecular flexibility index (Phi) is 3.66. The maximum absolute atomic E-state index is 12.2. The van der Waals surface area contributed by atoms with Gasteiger partial charge in [0.2, 0.25) is 0 Å². The van der Waals surface area contributed by atoms with Gasteiger partial charge in [-0.15, -0.1) is 0 Å². The molecule has 1 aliphatic carbocycles. The Morgan fingerprint density at radius 1 is 1.39 bits per heavy atom. The van der Waals surface area contributed by atoms with Gasteiger partial charge in [0.05, 0.1) is 6.04 Å². The van der Waals surface area contributed by atoms with E-state index in [-0.39, 0.29) is 0 Å². The third-order valence-corrected chi connectivity index (χ3v) is 3.48. The molecule has 0 heterocycles. The van der Waals surface area contributed by atoms with E-state index in [0.29, 0.717) is 6.42 Å². The van der Waals surface area contributed by atoms with Crippen LogP contribution in [0.15, 0.2) is 22.7 Å². The molecule has 0 radical (unpaired) electrons. The number of halogens is 4. The van der Waals surface area contributed by atoms with Gasteiger partial charge in [0, 0.05) is 4.47 Å². The molecule has 0 bridgehead atoms. The molecule has 0 fully saturated rings. The van der Waals surface area contributed by atoms with Crippen LogP contribution in [0.2, 0.25) is 0 Å². The highest BCUT2D eigenvalue weighted by molar-refractivity contribution is 9.10. The van der Waals surface area contributed by atoms with Crippen molar-refractivity contribution in [1.29, 1.82) is 0 Å². The van der Waals surface area contributed by atoms with Crippen molar-refractivity contribution in [2.75, 3.05) is 0 Å². The largest absolute Gasteiger partial charge is 0.471 e. The molecule has 1 amide bonds. The second-order valence-corrected chi connectivity index (χ2v) is 5.17. The van der Waals surface area contributed by atoms with Crippen LogP contribution in [0.25, 0.3) is 0 Å². The van der Waals surface area contributed by atoms with Gasteiger partial charge in [-0.25, -0.2) is 0 Å². The van der Waals surface area contributed by atoms with Crippen LogP contribution in [0.3, 0.4) is 0 Å². The Hall–Kier alpha value is -1.04. The molecule has 0 aliphatic heterocycles. The quantitative estimate of drug-likeness (QED) is 0.842. The van der Waals surface area contributed by atoms with E-state index in [1.807, 2.05) is 6.07 Å². The van der Waals surface area contributed by atoms with Crippen molar-refractivity contribution in [3.05, 3.63) is 33.8 Å². The molecule has 6 heteroatoms. The van der Waals surface area contributed by atoms with Gasteiger partial charge in [-0.05, 0) is 42.5 Å². The summed E-state index contributed by atoms with van der Waals surface area (Å²) in [6.07, 6.45) is -2.69. The van der Waals surface area contributed by atoms with E-state index < -0.39 is 18.1 Å². The first-order valence-electron chi connectivity index (χ1n) is 5.54. The standard InChI is InChI=1S/C12H11BrF3NO/c13-8-4-5-9-7(6-8)2-1-3-10(9)17-11(18)12(14,15)16/h4-6,10H,1-3H2,(H,17,18). The first-order chi connectivity index (χ1) is 8.38. The van der Waals surface area contributed by atoms with Gasteiger partial charge in [-0.3, -0.25) is 4.79 Å². The monoisotopic (exact) mass is 321 g/mol. The number of nitrogens with one attached hydrogen (secondary N) is 1. The highest BCUT2D eigenvalue weighted by Gasteiger charge is 2.40. The number of carbonyl (C=O) groups is 1. The molecular weight excluding hydrogens is 311 g/mol. The van der Waals surface area contributed by atoms with Crippen LogP contribution in [0.4, 0.5) is 13.2 Å². The molecular formula is C12H11BrF3NO. The summed E-state index contributed by atoms with van der Waals surface area (Å²) in [7, 11) is 0. The summed E-state index contributed by atoms with van der Waals surface area (Å²) < 4.78 is 37.6. The Morgan fingerprint density at radius 3 is 2.78 bits per heavy atom. The second-order valence-electron chi connectivity index (χ2n) is 4.26. The molecule has 0 aromatic heterocycles. The zero-order chi connectivity index (χ0) is 13.3. The van der Waals surface area contributed by atoms with E-state index in [0.717, 1.165) is 28.4 Å². The fraction of sp³-hybridized carbons (Fsp3) is 0.417. The summed E-state index contributed by atoms with van der Waals surface area (Å²) in [6, 6.07) is 4.88. The molecule has 2 rings (SSSR count). The zero-order valence-corrected chi connectivity index (χ0v) is 10.9. The van der Waals surface area contributed by atoms with Gasteiger partial charge >= 0.3 is 12.1 Å². The number of amides is 1. The van der Waals surface area contributed by atoms with E-state index in [9.17, 15) is 18.0 Å². The molecule has 0 spiro atoms. The molecule has 1 aromatic rings. The molecule has 1 unspecified atom stereocenters. The smallest absolute Gasteiger partial charge is 0.341 e. The lowest BCUT2D eigenvalue weighted by atomic mass is 9.88. The molecule has 1 aliphatic rings. The number of alkyl halides is 3. The number of aryl methyl sites for hydroxylation is 1. The van der Waals surface area contributed by atoms with E-state index in [1.54, 1.807) is 12.1 Å². The summed E-state index contributed by atoms with van der Waals surface area (Å²) in [5.74, 6) is -1.87. The minimum Gasteiger partial charge on any atom is -0.341 e. The van der Waals surface area contributed by atoms with Crippen molar-refractivity contribution in [2.24, 2.45) is 0 Å². The first-order valence-corrected chi connectivity index (χ1v) is 6.33. The van der Waals surface area contributed by atoms with Crippen molar-refractivity contribution in [2.45, 2.75) is 31.5 Å². The van der Waals surface area contributed by atoms with Crippen LogP contribution >= 0.6 is 15.9 Å². The Labute approximate surface area is 111 Å². The third kappa shape index (κ3) is 2.85. The topological polar surface area (TPSA) is 29.1 Å². The molecule has 2 nitrogen and oxygen atoms in total. The highest BCUT2D eigenvalue weighted by Crippen LogP contribution is 2.32. The van der Waals surface area contributed by atoms with Crippen LogP contribution in [-0.2, 0) is 11.2 Å². The van der Waals surface area contributed by atoms with E-state index >= 15 is 0 Å². The summed E-state index contributed by atoms with van der Waals surface area (Å²) in [4.78, 5) is 11.0. The van der Waals surface area contributed by atoms with Crippen LogP contribution in [0.1, 0.15) is 30.0 Å². The van der Waals surface area contributed by atoms with Crippen molar-refractivity contribution in [1.82, 2.24) is 5.32 Å². The normalized spacial score (nSPS) is 19.2. The Balaban J connectivity index is 2.21. The Morgan fingerprint density at radius 2 is 2.11 bits per heavy atom. The number of rotatable bonds is 1. The van der Waals surface area contributed by atoms with Crippen LogP contribution < -0.4 is 5.32 Å². The molecule has 0 saturated heterocycles. The van der Waals surface area contributed by atoms with Crippen molar-refractivity contribution < 1.29 is 18.0 Å². The lowest BCUT2D eigenvalue weighted by Gasteiger charge is -2.26. The van der Waals surface area contributed by atoms with E-state index in [1.165, 1.54) is 0 Å². The SMILES string of the molecule is O=C(NC1CCCc2cc(Br)ccc21)C(F)(F)F. The fourth-order valence-corrected chi connectivity index (χ4v) is 2.58. The highest BCUT2D eigenvalue weighted by atomic mass is 79.9. The number of carbonyl (C=O) groups excluding carboxylic acids is 1. The Bertz CT molecular complexity index is 473. The van der Waals surface area contributed by atoms with Crippen LogP contribution in [0.5, 0.6) is 0 Å². The molecule has 1 aromatic carbocycles. The summed E-state index contributed by atoms with van der Waals surface area (Å²) in [6.45, 7) is 0. The van der Waals surface area contributed by atoms with E-state index in [4.69, 9.17) is 0 Å². The number of fused-ring (bicyclic) bond motifs is 1. The van der Waals surface area contributed by atoms with Crippen molar-refractivity contribution in [3.63, 3.8) is 0 Å². The average Bonchev–Trinajstić information content (AvgIpc) is 2.27. The lowest BCUT2D eigenvalue weighted by Crippen LogP contribution is -2.40. The molecule has 18 heavy (non-hydrogen) atoms. The zero-order valence-electron chi connectivity index (χ0n) is 9.35. The van der Waals surface area contributed by atoms with E-state index in [2.05, 4.69) is 21.2 Å². The molecule has 0 saturated carbocycles. The minimum atomic E-state index is -4.83. The maximum Gasteiger partial charge on any atom is 0.471 e. The predicted octanol–water partition coefficient (Wildman–Crippen LogP) is 3.51. The van der Waals surface area contributed by atoms with Gasteiger partial charge in [0.1, 0.15) is 0 Å². The average molecular weight is 322 g/mol. The number of benzene rings is 1. The van der Waals surface area contributed by atoms with Crippen LogP contribution in [-0.4, -0.2) is 12.1 Å². The summed E-state index contributed by atoms with van der Waals surface area (Å²) in [5, 5.41) is 2.06. The number of hydrogen-bond donors (Lipinski definition) is 1. The van der Waals surface area contributed by atoms with Crippen LogP contribution in [0, 0.1) is 0 Å². The molecule has 98 valence electrons. The lowest BCUT2D eigenvalue weighted by molar-refractivity contribution is -0.174. The second kappa shape index (κ2) is 4.91. The van der Waals surface area contributed by atoms with Gasteiger partial charge < -0.3 is 5.32 Å². The van der Waals surface area contributed by atoms with Gasteiger partial charge in [0.25, 0.3) is 0 Å². The third-order valence-electron chi connectivity index (χ3n) is 2.98. The van der Waals surface area contributed by atoms with Gasteiger partial charge in [-0.1, -0.05) is 22.0 Å². The van der Waals surface area contributed by atoms with Crippen molar-refractivity contribution >= 4 is 21.8 Å². The predicted molar refractivity (Wildman–Crippen MR) is 64.0 cm³/mol. The fourth-order valence-electron chi connectivity index (χ4n) is 2.17. The number of hydrogen-bond acceptors (Lipinski definition) is 1. The molecule has 1 atom stereocenters. The summed E-state index contributed by atoms with van der Waals surface area (Å²) >= 11 is 3.33. The van der Waals surface area contributed by atoms with Crippen molar-refractivity contribution in [3.8, 4) is 0 Å². The maximum atomic E-state index is 12.2.